The number of nitrogens with zero attached hydrogens (tertiary/aromatic N) is 1. The van der Waals surface area contributed by atoms with Crippen LogP contribution in [0.3, 0.4) is 0 Å². The molecule has 0 bridgehead atoms. The lowest BCUT2D eigenvalue weighted by atomic mass is 9.99. The third kappa shape index (κ3) is 3.57. The van der Waals surface area contributed by atoms with Crippen molar-refractivity contribution in [3.63, 3.8) is 0 Å². The highest BCUT2D eigenvalue weighted by molar-refractivity contribution is 5.80. The Morgan fingerprint density at radius 3 is 2.50 bits per heavy atom. The van der Waals surface area contributed by atoms with Gasteiger partial charge in [0.05, 0.1) is 12.5 Å². The zero-order chi connectivity index (χ0) is 14.8. The Hall–Kier alpha value is -1.42. The van der Waals surface area contributed by atoms with Crippen molar-refractivity contribution in [2.24, 2.45) is 5.92 Å². The molecule has 0 aromatic heterocycles. The highest BCUT2D eigenvalue weighted by Crippen LogP contribution is 2.24. The molecule has 1 aliphatic heterocycles. The van der Waals surface area contributed by atoms with Gasteiger partial charge in [-0.2, -0.15) is 0 Å². The molecule has 0 unspecified atom stereocenters. The van der Waals surface area contributed by atoms with Crippen LogP contribution in [0.15, 0.2) is 24.3 Å². The van der Waals surface area contributed by atoms with Crippen molar-refractivity contribution < 1.29 is 13.9 Å². The van der Waals surface area contributed by atoms with E-state index >= 15 is 0 Å². The smallest absolute Gasteiger partial charge is 0.228 e. The summed E-state index contributed by atoms with van der Waals surface area (Å²) >= 11 is 0. The molecule has 1 aromatic carbocycles. The zero-order valence-corrected chi connectivity index (χ0v) is 12.4. The Labute approximate surface area is 119 Å². The fraction of sp³-hybridized carbons (Fsp3) is 0.562. The lowest BCUT2D eigenvalue weighted by molar-refractivity contribution is -0.141. The molecule has 1 heterocycles. The molecule has 1 aliphatic rings. The Bertz CT molecular complexity index is 458. The summed E-state index contributed by atoms with van der Waals surface area (Å²) < 4.78 is 18.3. The van der Waals surface area contributed by atoms with Crippen LogP contribution in [0, 0.1) is 11.7 Å². The van der Waals surface area contributed by atoms with Crippen LogP contribution in [0.2, 0.25) is 0 Å². The van der Waals surface area contributed by atoms with Gasteiger partial charge in [0.15, 0.2) is 0 Å². The SMILES string of the molecule is CC(C)(C)N(Cc1ccc(F)cc1)C(=O)[C@H]1CCOC1. The standard InChI is InChI=1S/C16H22FNO2/c1-16(2,3)18(15(19)13-8-9-20-11-13)10-12-4-6-14(17)7-5-12/h4-7,13H,8-11H2,1-3H3/t13-/m0/s1. The van der Waals surface area contributed by atoms with Crippen LogP contribution in [-0.2, 0) is 16.1 Å². The summed E-state index contributed by atoms with van der Waals surface area (Å²) in [5, 5.41) is 0. The van der Waals surface area contributed by atoms with Crippen molar-refractivity contribution in [3.8, 4) is 0 Å². The molecule has 1 aromatic rings. The number of carbonyl (C=O) groups excluding carboxylic acids is 1. The Balaban J connectivity index is 2.15. The van der Waals surface area contributed by atoms with Crippen molar-refractivity contribution >= 4 is 5.91 Å². The summed E-state index contributed by atoms with van der Waals surface area (Å²) in [5.74, 6) is -0.180. The van der Waals surface area contributed by atoms with Gasteiger partial charge in [-0.1, -0.05) is 12.1 Å². The molecular formula is C16H22FNO2. The summed E-state index contributed by atoms with van der Waals surface area (Å²) in [4.78, 5) is 14.5. The van der Waals surface area contributed by atoms with Gasteiger partial charge in [0.1, 0.15) is 5.82 Å². The average Bonchev–Trinajstić information content (AvgIpc) is 2.89. The van der Waals surface area contributed by atoms with Gasteiger partial charge in [-0.25, -0.2) is 4.39 Å². The summed E-state index contributed by atoms with van der Waals surface area (Å²) in [6, 6.07) is 6.32. The number of hydrogen-bond acceptors (Lipinski definition) is 2. The maximum Gasteiger partial charge on any atom is 0.228 e. The molecule has 0 spiro atoms. The van der Waals surface area contributed by atoms with Crippen LogP contribution in [0.5, 0.6) is 0 Å². The van der Waals surface area contributed by atoms with Gasteiger partial charge in [-0.3, -0.25) is 4.79 Å². The molecule has 4 heteroatoms. The molecule has 0 aliphatic carbocycles. The van der Waals surface area contributed by atoms with Gasteiger partial charge in [0.25, 0.3) is 0 Å². The first kappa shape index (κ1) is 15.0. The van der Waals surface area contributed by atoms with Gasteiger partial charge in [0.2, 0.25) is 5.91 Å². The number of halogens is 1. The molecule has 0 saturated carbocycles. The number of carbonyl (C=O) groups is 1. The summed E-state index contributed by atoms with van der Waals surface area (Å²) in [7, 11) is 0. The second-order valence-corrected chi connectivity index (χ2v) is 6.28. The Morgan fingerprint density at radius 2 is 2.00 bits per heavy atom. The molecule has 110 valence electrons. The lowest BCUT2D eigenvalue weighted by Crippen LogP contribution is -2.47. The van der Waals surface area contributed by atoms with Crippen molar-refractivity contribution in [2.45, 2.75) is 39.3 Å². The number of hydrogen-bond donors (Lipinski definition) is 0. The van der Waals surface area contributed by atoms with Gasteiger partial charge < -0.3 is 9.64 Å². The maximum absolute atomic E-state index is 13.0. The fourth-order valence-electron chi connectivity index (χ4n) is 2.37. The molecule has 1 saturated heterocycles. The van der Waals surface area contributed by atoms with Crippen LogP contribution >= 0.6 is 0 Å². The minimum Gasteiger partial charge on any atom is -0.381 e. The summed E-state index contributed by atoms with van der Waals surface area (Å²) in [6.45, 7) is 7.72. The molecule has 0 radical (unpaired) electrons. The molecule has 3 nitrogen and oxygen atoms in total. The van der Waals surface area contributed by atoms with E-state index in [1.54, 1.807) is 12.1 Å². The Kier molecular flexibility index (Phi) is 4.43. The van der Waals surface area contributed by atoms with E-state index in [1.807, 2.05) is 25.7 Å². The second kappa shape index (κ2) is 5.92. The quantitative estimate of drug-likeness (QED) is 0.851. The van der Waals surface area contributed by atoms with Crippen molar-refractivity contribution in [1.29, 1.82) is 0 Å². The van der Waals surface area contributed by atoms with E-state index in [9.17, 15) is 9.18 Å². The minimum absolute atomic E-state index is 0.0466. The predicted molar refractivity (Wildman–Crippen MR) is 75.6 cm³/mol. The molecule has 1 fully saturated rings. The largest absolute Gasteiger partial charge is 0.381 e. The normalized spacial score (nSPS) is 19.1. The third-order valence-electron chi connectivity index (χ3n) is 3.61. The van der Waals surface area contributed by atoms with E-state index in [1.165, 1.54) is 12.1 Å². The van der Waals surface area contributed by atoms with Crippen molar-refractivity contribution in [1.82, 2.24) is 4.90 Å². The van der Waals surface area contributed by atoms with Crippen molar-refractivity contribution in [2.75, 3.05) is 13.2 Å². The predicted octanol–water partition coefficient (Wildman–Crippen LogP) is 2.99. The van der Waals surface area contributed by atoms with E-state index < -0.39 is 0 Å². The van der Waals surface area contributed by atoms with Crippen LogP contribution in [-0.4, -0.2) is 29.6 Å². The molecule has 1 amide bonds. The topological polar surface area (TPSA) is 29.5 Å². The first-order chi connectivity index (χ1) is 9.38. The average molecular weight is 279 g/mol. The third-order valence-corrected chi connectivity index (χ3v) is 3.61. The van der Waals surface area contributed by atoms with Gasteiger partial charge in [-0.05, 0) is 44.9 Å². The highest BCUT2D eigenvalue weighted by atomic mass is 19.1. The van der Waals surface area contributed by atoms with Crippen LogP contribution < -0.4 is 0 Å². The number of amides is 1. The second-order valence-electron chi connectivity index (χ2n) is 6.28. The van der Waals surface area contributed by atoms with Gasteiger partial charge in [-0.15, -0.1) is 0 Å². The first-order valence-electron chi connectivity index (χ1n) is 7.01. The summed E-state index contributed by atoms with van der Waals surface area (Å²) in [6.07, 6.45) is 0.787. The fourth-order valence-corrected chi connectivity index (χ4v) is 2.37. The molecule has 0 N–H and O–H groups in total. The van der Waals surface area contributed by atoms with E-state index in [0.29, 0.717) is 19.8 Å². The highest BCUT2D eigenvalue weighted by Gasteiger charge is 2.33. The molecule has 1 atom stereocenters. The van der Waals surface area contributed by atoms with Crippen LogP contribution in [0.4, 0.5) is 4.39 Å². The maximum atomic E-state index is 13.0. The van der Waals surface area contributed by atoms with E-state index in [2.05, 4.69) is 0 Å². The molecule has 2 rings (SSSR count). The van der Waals surface area contributed by atoms with E-state index in [4.69, 9.17) is 4.74 Å². The lowest BCUT2D eigenvalue weighted by Gasteiger charge is -2.37. The van der Waals surface area contributed by atoms with E-state index in [0.717, 1.165) is 12.0 Å². The van der Waals surface area contributed by atoms with Crippen molar-refractivity contribution in [3.05, 3.63) is 35.6 Å². The van der Waals surface area contributed by atoms with E-state index in [-0.39, 0.29) is 23.2 Å². The molecule has 20 heavy (non-hydrogen) atoms. The molecular weight excluding hydrogens is 257 g/mol. The summed E-state index contributed by atoms with van der Waals surface area (Å²) in [5.41, 5.74) is 0.669. The van der Waals surface area contributed by atoms with Crippen LogP contribution in [0.1, 0.15) is 32.8 Å². The number of ether oxygens (including phenoxy) is 1. The van der Waals surface area contributed by atoms with Gasteiger partial charge >= 0.3 is 0 Å². The van der Waals surface area contributed by atoms with Crippen LogP contribution in [0.25, 0.3) is 0 Å². The van der Waals surface area contributed by atoms with Gasteiger partial charge in [0, 0.05) is 18.7 Å². The monoisotopic (exact) mass is 279 g/mol. The minimum atomic E-state index is -0.270. The number of benzene rings is 1. The Morgan fingerprint density at radius 1 is 1.35 bits per heavy atom. The zero-order valence-electron chi connectivity index (χ0n) is 12.4. The number of rotatable bonds is 3. The first-order valence-corrected chi connectivity index (χ1v) is 7.01.